The first-order chi connectivity index (χ1) is 8.81. The molecule has 0 bridgehead atoms. The number of esters is 1. The summed E-state index contributed by atoms with van der Waals surface area (Å²) in [6, 6.07) is 4.01. The predicted molar refractivity (Wildman–Crippen MR) is 68.5 cm³/mol. The third-order valence-electron chi connectivity index (χ3n) is 2.68. The Morgan fingerprint density at radius 2 is 2.05 bits per heavy atom. The molecule has 5 nitrogen and oxygen atoms in total. The fourth-order valence-corrected chi connectivity index (χ4v) is 1.60. The van der Waals surface area contributed by atoms with E-state index in [1.165, 1.54) is 26.4 Å². The van der Waals surface area contributed by atoms with Gasteiger partial charge in [0.1, 0.15) is 5.82 Å². The summed E-state index contributed by atoms with van der Waals surface area (Å²) in [6.07, 6.45) is -1.06. The molecule has 0 heterocycles. The van der Waals surface area contributed by atoms with Gasteiger partial charge in [-0.3, -0.25) is 0 Å². The van der Waals surface area contributed by atoms with Crippen LogP contribution in [0.5, 0.6) is 0 Å². The molecule has 0 saturated heterocycles. The number of hydrogen-bond acceptors (Lipinski definition) is 5. The van der Waals surface area contributed by atoms with Crippen molar-refractivity contribution in [2.24, 2.45) is 0 Å². The zero-order chi connectivity index (χ0) is 14.6. The van der Waals surface area contributed by atoms with Gasteiger partial charge in [-0.25, -0.2) is 9.18 Å². The normalized spacial score (nSPS) is 12.9. The second kappa shape index (κ2) is 5.99. The van der Waals surface area contributed by atoms with Crippen LogP contribution in [-0.2, 0) is 9.47 Å². The second-order valence-electron chi connectivity index (χ2n) is 4.62. The number of hydrogen-bond donors (Lipinski definition) is 2. The molecule has 106 valence electrons. The summed E-state index contributed by atoms with van der Waals surface area (Å²) in [7, 11) is 2.56. The highest BCUT2D eigenvalue weighted by Gasteiger charge is 2.28. The molecular formula is C13H18FNO4. The van der Waals surface area contributed by atoms with Crippen molar-refractivity contribution in [2.45, 2.75) is 25.7 Å². The van der Waals surface area contributed by atoms with E-state index in [0.717, 1.165) is 6.07 Å². The van der Waals surface area contributed by atoms with Crippen LogP contribution < -0.4 is 5.32 Å². The maximum atomic E-state index is 13.7. The van der Waals surface area contributed by atoms with E-state index in [9.17, 15) is 14.3 Å². The molecule has 1 aromatic carbocycles. The van der Waals surface area contributed by atoms with Crippen LogP contribution >= 0.6 is 0 Å². The van der Waals surface area contributed by atoms with E-state index in [1.54, 1.807) is 13.8 Å². The second-order valence-corrected chi connectivity index (χ2v) is 4.62. The summed E-state index contributed by atoms with van der Waals surface area (Å²) in [5.74, 6) is -1.43. The first-order valence-corrected chi connectivity index (χ1v) is 5.68. The molecule has 1 atom stereocenters. The average molecular weight is 271 g/mol. The molecule has 1 aromatic rings. The molecule has 0 radical (unpaired) electrons. The zero-order valence-electron chi connectivity index (χ0n) is 11.4. The van der Waals surface area contributed by atoms with Crippen molar-refractivity contribution in [1.82, 2.24) is 0 Å². The van der Waals surface area contributed by atoms with E-state index in [0.29, 0.717) is 5.69 Å². The number of aliphatic hydroxyl groups excluding tert-OH is 1. The van der Waals surface area contributed by atoms with Crippen LogP contribution in [0.15, 0.2) is 18.2 Å². The number of carbonyl (C=O) groups is 1. The number of anilines is 1. The molecule has 19 heavy (non-hydrogen) atoms. The average Bonchev–Trinajstić information content (AvgIpc) is 2.36. The minimum Gasteiger partial charge on any atom is -0.465 e. The Morgan fingerprint density at radius 1 is 1.42 bits per heavy atom. The van der Waals surface area contributed by atoms with Crippen molar-refractivity contribution in [3.63, 3.8) is 0 Å². The largest absolute Gasteiger partial charge is 0.465 e. The fourth-order valence-electron chi connectivity index (χ4n) is 1.60. The van der Waals surface area contributed by atoms with Crippen LogP contribution in [0.25, 0.3) is 0 Å². The van der Waals surface area contributed by atoms with E-state index in [4.69, 9.17) is 4.74 Å². The number of methoxy groups -OCH3 is 2. The van der Waals surface area contributed by atoms with E-state index < -0.39 is 23.6 Å². The highest BCUT2D eigenvalue weighted by Crippen LogP contribution is 2.21. The number of benzene rings is 1. The Morgan fingerprint density at radius 3 is 2.53 bits per heavy atom. The molecule has 0 aliphatic carbocycles. The summed E-state index contributed by atoms with van der Waals surface area (Å²) < 4.78 is 23.0. The highest BCUT2D eigenvalue weighted by atomic mass is 19.1. The van der Waals surface area contributed by atoms with Crippen LogP contribution in [0, 0.1) is 5.82 Å². The van der Waals surface area contributed by atoms with Crippen LogP contribution in [0.2, 0.25) is 0 Å². The van der Waals surface area contributed by atoms with Crippen LogP contribution in [0.3, 0.4) is 0 Å². The SMILES string of the molecule is COC(=O)c1ccc(NC(C)(C)[C@H](O)OC)cc1F. The molecule has 6 heteroatoms. The lowest BCUT2D eigenvalue weighted by atomic mass is 10.0. The van der Waals surface area contributed by atoms with E-state index in [1.807, 2.05) is 0 Å². The highest BCUT2D eigenvalue weighted by molar-refractivity contribution is 5.90. The van der Waals surface area contributed by atoms with E-state index in [2.05, 4.69) is 10.1 Å². The van der Waals surface area contributed by atoms with E-state index >= 15 is 0 Å². The summed E-state index contributed by atoms with van der Waals surface area (Å²) in [5, 5.41) is 12.6. The molecule has 0 unspecified atom stereocenters. The van der Waals surface area contributed by atoms with Crippen molar-refractivity contribution in [3.05, 3.63) is 29.6 Å². The Hall–Kier alpha value is -1.66. The topological polar surface area (TPSA) is 67.8 Å². The van der Waals surface area contributed by atoms with Gasteiger partial charge >= 0.3 is 5.97 Å². The van der Waals surface area contributed by atoms with Gasteiger partial charge in [-0.1, -0.05) is 0 Å². The third kappa shape index (κ3) is 3.65. The van der Waals surface area contributed by atoms with Gasteiger partial charge in [-0.2, -0.15) is 0 Å². The molecule has 0 amide bonds. The van der Waals surface area contributed by atoms with Crippen LogP contribution in [0.4, 0.5) is 10.1 Å². The third-order valence-corrected chi connectivity index (χ3v) is 2.68. The van der Waals surface area contributed by atoms with Gasteiger partial charge in [0.15, 0.2) is 6.29 Å². The fraction of sp³-hybridized carbons (Fsp3) is 0.462. The smallest absolute Gasteiger partial charge is 0.340 e. The summed E-state index contributed by atoms with van der Waals surface area (Å²) >= 11 is 0. The first-order valence-electron chi connectivity index (χ1n) is 5.68. The minimum atomic E-state index is -1.06. The zero-order valence-corrected chi connectivity index (χ0v) is 11.4. The number of halogens is 1. The Bertz CT molecular complexity index is 462. The Balaban J connectivity index is 2.93. The van der Waals surface area contributed by atoms with Gasteiger partial charge in [-0.05, 0) is 32.0 Å². The first kappa shape index (κ1) is 15.4. The van der Waals surface area contributed by atoms with Gasteiger partial charge in [-0.15, -0.1) is 0 Å². The standard InChI is InChI=1S/C13H18FNO4/c1-13(2,12(17)19-4)15-8-5-6-9(10(14)7-8)11(16)18-3/h5-7,12,15,17H,1-4H3/t12-/m1/s1. The van der Waals surface area contributed by atoms with E-state index in [-0.39, 0.29) is 5.56 Å². The maximum Gasteiger partial charge on any atom is 0.340 e. The molecule has 0 aliphatic rings. The van der Waals surface area contributed by atoms with Crippen LogP contribution in [0.1, 0.15) is 24.2 Å². The molecule has 0 spiro atoms. The van der Waals surface area contributed by atoms with Gasteiger partial charge in [0.05, 0.1) is 18.2 Å². The lowest BCUT2D eigenvalue weighted by Gasteiger charge is -2.31. The lowest BCUT2D eigenvalue weighted by Crippen LogP contribution is -2.44. The van der Waals surface area contributed by atoms with Crippen molar-refractivity contribution in [3.8, 4) is 0 Å². The lowest BCUT2D eigenvalue weighted by molar-refractivity contribution is -0.107. The number of nitrogens with one attached hydrogen (secondary N) is 1. The number of ether oxygens (including phenoxy) is 2. The van der Waals surface area contributed by atoms with Gasteiger partial charge < -0.3 is 19.9 Å². The summed E-state index contributed by atoms with van der Waals surface area (Å²) in [4.78, 5) is 11.2. The maximum absolute atomic E-state index is 13.7. The van der Waals surface area contributed by atoms with Crippen molar-refractivity contribution < 1.29 is 23.8 Å². The summed E-state index contributed by atoms with van der Waals surface area (Å²) in [6.45, 7) is 3.40. The monoisotopic (exact) mass is 271 g/mol. The Kier molecular flexibility index (Phi) is 4.85. The van der Waals surface area contributed by atoms with Gasteiger partial charge in [0.25, 0.3) is 0 Å². The molecule has 0 saturated carbocycles. The Labute approximate surface area is 111 Å². The molecule has 0 fully saturated rings. The predicted octanol–water partition coefficient (Wildman–Crippen LogP) is 1.77. The van der Waals surface area contributed by atoms with Gasteiger partial charge in [0, 0.05) is 12.8 Å². The quantitative estimate of drug-likeness (QED) is 0.631. The van der Waals surface area contributed by atoms with Crippen molar-refractivity contribution in [2.75, 3.05) is 19.5 Å². The number of aliphatic hydroxyl groups is 1. The molecular weight excluding hydrogens is 253 g/mol. The summed E-state index contributed by atoms with van der Waals surface area (Å²) in [5.41, 5.74) is -0.530. The molecule has 0 aromatic heterocycles. The number of rotatable bonds is 5. The van der Waals surface area contributed by atoms with Crippen molar-refractivity contribution in [1.29, 1.82) is 0 Å². The minimum absolute atomic E-state index is 0.141. The molecule has 1 rings (SSSR count). The molecule has 2 N–H and O–H groups in total. The number of carbonyl (C=O) groups excluding carboxylic acids is 1. The van der Waals surface area contributed by atoms with Crippen molar-refractivity contribution >= 4 is 11.7 Å². The molecule has 0 aliphatic heterocycles. The van der Waals surface area contributed by atoms with Gasteiger partial charge in [0.2, 0.25) is 0 Å². The van der Waals surface area contributed by atoms with Crippen LogP contribution in [-0.4, -0.2) is 37.1 Å².